The number of ether oxygens (including phenoxy) is 4. The van der Waals surface area contributed by atoms with E-state index in [1.807, 2.05) is 50.2 Å². The van der Waals surface area contributed by atoms with Crippen molar-refractivity contribution in [2.24, 2.45) is 5.41 Å². The highest BCUT2D eigenvalue weighted by molar-refractivity contribution is 6.32. The Balaban J connectivity index is 1.19. The number of aliphatic hydroxyl groups excluding tert-OH is 1. The van der Waals surface area contributed by atoms with Gasteiger partial charge in [0.2, 0.25) is 0 Å². The quantitative estimate of drug-likeness (QED) is 0.0794. The lowest BCUT2D eigenvalue weighted by atomic mass is 9.85. The Kier molecular flexibility index (Phi) is 15.3. The van der Waals surface area contributed by atoms with Crippen LogP contribution in [0.4, 0.5) is 0 Å². The Morgan fingerprint density at radius 3 is 1.57 bits per heavy atom. The number of aryl methyl sites for hydroxylation is 2. The molecule has 0 aliphatic heterocycles. The van der Waals surface area contributed by atoms with Gasteiger partial charge in [-0.1, -0.05) is 66.5 Å². The highest BCUT2D eigenvalue weighted by Gasteiger charge is 2.32. The maximum Gasteiger partial charge on any atom is 0.311 e. The minimum absolute atomic E-state index is 0.0868. The topological polar surface area (TPSA) is 168 Å². The van der Waals surface area contributed by atoms with E-state index < -0.39 is 18.0 Å². The molecule has 0 spiro atoms. The summed E-state index contributed by atoms with van der Waals surface area (Å²) in [6.45, 7) is 7.85. The van der Waals surface area contributed by atoms with Crippen molar-refractivity contribution in [3.63, 3.8) is 0 Å². The number of aliphatic hydroxyl groups is 1. The van der Waals surface area contributed by atoms with Crippen LogP contribution in [0.3, 0.4) is 0 Å². The van der Waals surface area contributed by atoms with E-state index in [4.69, 9.17) is 42.1 Å². The van der Waals surface area contributed by atoms with Crippen molar-refractivity contribution in [3.05, 3.63) is 163 Å². The summed E-state index contributed by atoms with van der Waals surface area (Å²) in [5, 5.41) is 39.0. The van der Waals surface area contributed by atoms with Gasteiger partial charge in [0.25, 0.3) is 0 Å². The van der Waals surface area contributed by atoms with Gasteiger partial charge in [0.05, 0.1) is 33.2 Å². The van der Waals surface area contributed by atoms with Gasteiger partial charge in [-0.3, -0.25) is 14.8 Å². The van der Waals surface area contributed by atoms with Gasteiger partial charge in [-0.2, -0.15) is 10.5 Å². The third kappa shape index (κ3) is 11.3. The first-order valence-electron chi connectivity index (χ1n) is 20.2. The van der Waals surface area contributed by atoms with Gasteiger partial charge in [0.1, 0.15) is 61.6 Å². The molecule has 6 rings (SSSR count). The molecule has 0 fully saturated rings. The fourth-order valence-electron chi connectivity index (χ4n) is 6.93. The number of hydrogen-bond acceptors (Lipinski definition) is 10. The van der Waals surface area contributed by atoms with Crippen LogP contribution in [-0.4, -0.2) is 32.8 Å². The molecule has 0 aliphatic rings. The molecule has 0 radical (unpaired) electrons. The minimum Gasteiger partial charge on any atom is -0.488 e. The average Bonchev–Trinajstić information content (AvgIpc) is 3.29. The summed E-state index contributed by atoms with van der Waals surface area (Å²) >= 11 is 13.5. The van der Waals surface area contributed by atoms with E-state index in [2.05, 4.69) is 41.2 Å². The molecular weight excluding hydrogens is 839 g/mol. The van der Waals surface area contributed by atoms with Crippen LogP contribution < -0.4 is 18.9 Å². The molecule has 0 aliphatic carbocycles. The molecule has 0 amide bonds. The van der Waals surface area contributed by atoms with E-state index in [0.29, 0.717) is 61.7 Å². The number of carboxylic acids is 1. The van der Waals surface area contributed by atoms with Gasteiger partial charge in [-0.15, -0.1) is 0 Å². The second-order valence-electron chi connectivity index (χ2n) is 15.4. The summed E-state index contributed by atoms with van der Waals surface area (Å²) in [6.07, 6.45) is 7.34. The van der Waals surface area contributed by atoms with Crippen LogP contribution in [-0.2, 0) is 44.1 Å². The SMILES string of the molecule is CCc1cc(Cl)c(OCc2cccc(-c3cccc(COc4cc(OCc5cncc(C#N)c5)c(CC[C@@](C)(CO)C(=O)O)cc4Cl)c3C)c2C)cc1OCc1cncc(C#N)c1. The molecule has 6 aromatic rings. The van der Waals surface area contributed by atoms with Gasteiger partial charge in [-0.25, -0.2) is 0 Å². The lowest BCUT2D eigenvalue weighted by Gasteiger charge is -2.23. The second-order valence-corrected chi connectivity index (χ2v) is 16.2. The first-order valence-corrected chi connectivity index (χ1v) is 21.0. The zero-order valence-corrected chi connectivity index (χ0v) is 36.9. The summed E-state index contributed by atoms with van der Waals surface area (Å²) in [5.41, 5.74) is 8.52. The molecule has 2 heterocycles. The Hall–Kier alpha value is -6.63. The Labute approximate surface area is 377 Å². The number of pyridine rings is 2. The van der Waals surface area contributed by atoms with E-state index in [1.165, 1.54) is 19.3 Å². The van der Waals surface area contributed by atoms with Crippen LogP contribution in [0.1, 0.15) is 75.9 Å². The Bertz CT molecular complexity index is 2710. The monoisotopic (exact) mass is 884 g/mol. The number of carbonyl (C=O) groups is 1. The molecule has 0 unspecified atom stereocenters. The Morgan fingerprint density at radius 1 is 0.667 bits per heavy atom. The highest BCUT2D eigenvalue weighted by atomic mass is 35.5. The Morgan fingerprint density at radius 2 is 1.13 bits per heavy atom. The minimum atomic E-state index is -1.36. The number of aromatic nitrogens is 2. The highest BCUT2D eigenvalue weighted by Crippen LogP contribution is 2.38. The lowest BCUT2D eigenvalue weighted by molar-refractivity contribution is -0.150. The largest absolute Gasteiger partial charge is 0.488 e. The van der Waals surface area contributed by atoms with Gasteiger partial charge >= 0.3 is 5.97 Å². The van der Waals surface area contributed by atoms with Crippen molar-refractivity contribution in [3.8, 4) is 46.3 Å². The van der Waals surface area contributed by atoms with Crippen molar-refractivity contribution >= 4 is 29.2 Å². The van der Waals surface area contributed by atoms with E-state index >= 15 is 0 Å². The van der Waals surface area contributed by atoms with E-state index in [1.54, 1.807) is 36.7 Å². The van der Waals surface area contributed by atoms with Crippen LogP contribution in [0.15, 0.2) is 97.6 Å². The first kappa shape index (κ1) is 45.9. The standard InChI is InChI=1S/C50H46Cl2N4O7/c1-5-37-16-43(51)47(18-45(37)60-26-35-14-33(20-53)22-55-24-35)62-28-39-8-6-10-41(31(39)2)42-11-7-9-40(32(42)3)29-63-48-19-46(61-27-36-15-34(21-54)23-56-25-36)38(17-44(48)52)12-13-50(4,30-57)49(58)59/h6-11,14-19,22-25,57H,5,12-13,26-30H2,1-4H3,(H,58,59)/t50-/m0/s1. The van der Waals surface area contributed by atoms with Gasteiger partial charge < -0.3 is 29.2 Å². The summed E-state index contributed by atoms with van der Waals surface area (Å²) in [4.78, 5) is 20.2. The van der Waals surface area contributed by atoms with E-state index in [0.717, 1.165) is 44.5 Å². The molecule has 2 aromatic heterocycles. The predicted molar refractivity (Wildman–Crippen MR) is 240 cm³/mol. The maximum atomic E-state index is 11.9. The zero-order valence-electron chi connectivity index (χ0n) is 35.4. The number of nitrogens with zero attached hydrogens (tertiary/aromatic N) is 4. The summed E-state index contributed by atoms with van der Waals surface area (Å²) in [6, 6.07) is 26.8. The summed E-state index contributed by atoms with van der Waals surface area (Å²) in [5.74, 6) is 0.814. The number of rotatable bonds is 19. The molecule has 322 valence electrons. The maximum absolute atomic E-state index is 11.9. The molecule has 2 N–H and O–H groups in total. The smallest absolute Gasteiger partial charge is 0.311 e. The van der Waals surface area contributed by atoms with E-state index in [9.17, 15) is 25.5 Å². The molecule has 0 bridgehead atoms. The number of benzene rings is 4. The molecular formula is C50H46Cl2N4O7. The van der Waals surface area contributed by atoms with Crippen LogP contribution in [0, 0.1) is 41.9 Å². The van der Waals surface area contributed by atoms with E-state index in [-0.39, 0.29) is 39.3 Å². The molecule has 0 saturated heterocycles. The van der Waals surface area contributed by atoms with Crippen LogP contribution in [0.2, 0.25) is 10.0 Å². The number of hydrogen-bond donors (Lipinski definition) is 2. The normalized spacial score (nSPS) is 11.8. The number of aliphatic carboxylic acids is 1. The number of carboxylic acid groups (broad SMARTS) is 1. The van der Waals surface area contributed by atoms with Crippen LogP contribution in [0.5, 0.6) is 23.0 Å². The first-order chi connectivity index (χ1) is 30.4. The van der Waals surface area contributed by atoms with Crippen molar-refractivity contribution in [2.45, 2.75) is 73.4 Å². The zero-order chi connectivity index (χ0) is 45.1. The third-order valence-electron chi connectivity index (χ3n) is 11.0. The summed E-state index contributed by atoms with van der Waals surface area (Å²) in [7, 11) is 0. The van der Waals surface area contributed by atoms with Gasteiger partial charge in [0, 0.05) is 48.0 Å². The average molecular weight is 886 g/mol. The van der Waals surface area contributed by atoms with Crippen molar-refractivity contribution < 1.29 is 34.0 Å². The predicted octanol–water partition coefficient (Wildman–Crippen LogP) is 10.7. The van der Waals surface area contributed by atoms with Crippen molar-refractivity contribution in [2.75, 3.05) is 6.61 Å². The molecule has 11 nitrogen and oxygen atoms in total. The van der Waals surface area contributed by atoms with Gasteiger partial charge in [-0.05, 0) is 109 Å². The molecule has 63 heavy (non-hydrogen) atoms. The van der Waals surface area contributed by atoms with Crippen LogP contribution >= 0.6 is 23.2 Å². The lowest BCUT2D eigenvalue weighted by Crippen LogP contribution is -2.32. The van der Waals surface area contributed by atoms with Crippen molar-refractivity contribution in [1.82, 2.24) is 9.97 Å². The fraction of sp³-hybridized carbons (Fsp3) is 0.260. The molecule has 0 saturated carbocycles. The molecule has 4 aromatic carbocycles. The second kappa shape index (κ2) is 21.0. The van der Waals surface area contributed by atoms with Crippen molar-refractivity contribution in [1.29, 1.82) is 10.5 Å². The number of nitriles is 2. The molecule has 13 heteroatoms. The van der Waals surface area contributed by atoms with Gasteiger partial charge in [0.15, 0.2) is 0 Å². The van der Waals surface area contributed by atoms with Crippen LogP contribution in [0.25, 0.3) is 11.1 Å². The summed E-state index contributed by atoms with van der Waals surface area (Å²) < 4.78 is 25.1. The number of halogens is 2. The molecule has 1 atom stereocenters. The fourth-order valence-corrected chi connectivity index (χ4v) is 7.41. The third-order valence-corrected chi connectivity index (χ3v) is 11.6.